The Morgan fingerprint density at radius 1 is 1.14 bits per heavy atom. The zero-order valence-corrected chi connectivity index (χ0v) is 13.3. The van der Waals surface area contributed by atoms with Crippen LogP contribution in [0, 0.1) is 0 Å². The van der Waals surface area contributed by atoms with Crippen molar-refractivity contribution < 1.29 is 34.2 Å². The molecule has 0 saturated carbocycles. The fourth-order valence-electron chi connectivity index (χ4n) is 1.24. The molecular formula is C13H28N2O7. The Hall–Kier alpha value is -0.810. The summed E-state index contributed by atoms with van der Waals surface area (Å²) in [6.45, 7) is 4.63. The summed E-state index contributed by atoms with van der Waals surface area (Å²) in [6.07, 6.45) is -0.0247. The molecule has 9 nitrogen and oxygen atoms in total. The molecular weight excluding hydrogens is 296 g/mol. The van der Waals surface area contributed by atoms with Gasteiger partial charge in [-0.2, -0.15) is 5.06 Å². The predicted octanol–water partition coefficient (Wildman–Crippen LogP) is -0.393. The summed E-state index contributed by atoms with van der Waals surface area (Å²) in [5, 5.41) is 18.9. The Labute approximate surface area is 131 Å². The maximum atomic E-state index is 10.2. The van der Waals surface area contributed by atoms with E-state index in [0.717, 1.165) is 0 Å². The van der Waals surface area contributed by atoms with Crippen molar-refractivity contribution in [2.75, 3.05) is 53.2 Å². The lowest BCUT2D eigenvalue weighted by molar-refractivity contribution is -0.225. The van der Waals surface area contributed by atoms with Crippen LogP contribution in [0.2, 0.25) is 0 Å². The highest BCUT2D eigenvalue weighted by atomic mass is 16.7. The monoisotopic (exact) mass is 324 g/mol. The summed E-state index contributed by atoms with van der Waals surface area (Å²) in [7, 11) is 1.63. The van der Waals surface area contributed by atoms with Crippen LogP contribution in [-0.4, -0.2) is 80.7 Å². The number of carboxylic acid groups (broad SMARTS) is 1. The number of nitrogens with zero attached hydrogens (tertiary/aromatic N) is 1. The van der Waals surface area contributed by atoms with Crippen molar-refractivity contribution in [2.45, 2.75) is 26.0 Å². The van der Waals surface area contributed by atoms with Gasteiger partial charge in [0.05, 0.1) is 33.0 Å². The summed E-state index contributed by atoms with van der Waals surface area (Å²) in [6, 6.07) is 0. The van der Waals surface area contributed by atoms with Crippen LogP contribution in [0.25, 0.3) is 0 Å². The number of ether oxygens (including phenoxy) is 2. The van der Waals surface area contributed by atoms with E-state index in [2.05, 4.69) is 5.48 Å². The molecule has 0 fully saturated rings. The van der Waals surface area contributed by atoms with Gasteiger partial charge in [-0.25, -0.2) is 5.48 Å². The first-order valence-electron chi connectivity index (χ1n) is 7.29. The van der Waals surface area contributed by atoms with Gasteiger partial charge in [-0.1, -0.05) is 0 Å². The number of hydroxylamine groups is 3. The summed E-state index contributed by atoms with van der Waals surface area (Å²) in [5.74, 6) is -0.811. The zero-order chi connectivity index (χ0) is 16.6. The van der Waals surface area contributed by atoms with Crippen LogP contribution >= 0.6 is 0 Å². The molecule has 0 spiro atoms. The molecule has 0 saturated heterocycles. The Kier molecular flexibility index (Phi) is 14.5. The van der Waals surface area contributed by atoms with E-state index in [1.54, 1.807) is 14.0 Å². The van der Waals surface area contributed by atoms with Gasteiger partial charge in [0.25, 0.3) is 0 Å². The molecule has 0 aromatic heterocycles. The van der Waals surface area contributed by atoms with Crippen molar-refractivity contribution in [3.8, 4) is 0 Å². The highest BCUT2D eigenvalue weighted by molar-refractivity contribution is 5.66. The first-order valence-corrected chi connectivity index (χ1v) is 7.29. The molecule has 0 heterocycles. The minimum absolute atomic E-state index is 0.124. The van der Waals surface area contributed by atoms with E-state index in [-0.39, 0.29) is 6.42 Å². The third kappa shape index (κ3) is 15.6. The van der Waals surface area contributed by atoms with Gasteiger partial charge in [0.15, 0.2) is 0 Å². The van der Waals surface area contributed by atoms with E-state index in [0.29, 0.717) is 52.6 Å². The summed E-state index contributed by atoms with van der Waals surface area (Å²) in [5.41, 5.74) is 2.72. The molecule has 132 valence electrons. The second-order valence-electron chi connectivity index (χ2n) is 4.48. The standard InChI is InChI=1S/C13H28N2O7/c1-12(16)15(2)22-11-10-21-14-5-7-20-9-8-19-6-3-4-13(17)18/h12,14,16H,3-11H2,1-2H3,(H,17,18). The SMILES string of the molecule is CC(O)N(C)OCCONCCOCCOCCCC(=O)O. The Bertz CT molecular complexity index is 267. The molecule has 22 heavy (non-hydrogen) atoms. The highest BCUT2D eigenvalue weighted by Gasteiger charge is 2.03. The molecule has 0 amide bonds. The third-order valence-electron chi connectivity index (χ3n) is 2.51. The smallest absolute Gasteiger partial charge is 0.303 e. The number of carbonyl (C=O) groups is 1. The van der Waals surface area contributed by atoms with Crippen molar-refractivity contribution in [3.05, 3.63) is 0 Å². The van der Waals surface area contributed by atoms with E-state index in [1.165, 1.54) is 5.06 Å². The molecule has 0 aliphatic carbocycles. The Morgan fingerprint density at radius 2 is 1.82 bits per heavy atom. The van der Waals surface area contributed by atoms with Gasteiger partial charge in [0.2, 0.25) is 0 Å². The molecule has 0 aromatic rings. The summed E-state index contributed by atoms with van der Waals surface area (Å²) >= 11 is 0. The van der Waals surface area contributed by atoms with Crippen LogP contribution in [0.3, 0.4) is 0 Å². The normalized spacial score (nSPS) is 12.7. The molecule has 3 N–H and O–H groups in total. The number of aliphatic hydroxyl groups is 1. The van der Waals surface area contributed by atoms with Gasteiger partial charge in [-0.3, -0.25) is 14.5 Å². The molecule has 0 rings (SSSR count). The lowest BCUT2D eigenvalue weighted by Gasteiger charge is -2.19. The summed E-state index contributed by atoms with van der Waals surface area (Å²) in [4.78, 5) is 20.5. The largest absolute Gasteiger partial charge is 0.481 e. The van der Waals surface area contributed by atoms with Gasteiger partial charge in [-0.15, -0.1) is 0 Å². The molecule has 0 aliphatic heterocycles. The quantitative estimate of drug-likeness (QED) is 0.198. The van der Waals surface area contributed by atoms with Crippen LogP contribution in [0.5, 0.6) is 0 Å². The zero-order valence-electron chi connectivity index (χ0n) is 13.3. The summed E-state index contributed by atoms with van der Waals surface area (Å²) < 4.78 is 10.5. The topological polar surface area (TPSA) is 110 Å². The number of hydrogen-bond donors (Lipinski definition) is 3. The van der Waals surface area contributed by atoms with Gasteiger partial charge in [0.1, 0.15) is 6.23 Å². The number of carboxylic acids is 1. The third-order valence-corrected chi connectivity index (χ3v) is 2.51. The van der Waals surface area contributed by atoms with E-state index in [9.17, 15) is 4.79 Å². The average Bonchev–Trinajstić information content (AvgIpc) is 2.46. The van der Waals surface area contributed by atoms with Gasteiger partial charge in [0, 0.05) is 26.6 Å². The molecule has 0 aromatic carbocycles. The van der Waals surface area contributed by atoms with Crippen molar-refractivity contribution in [2.24, 2.45) is 0 Å². The number of aliphatic hydroxyl groups excluding tert-OH is 1. The maximum Gasteiger partial charge on any atom is 0.303 e. The van der Waals surface area contributed by atoms with Crippen molar-refractivity contribution in [3.63, 3.8) is 0 Å². The van der Waals surface area contributed by atoms with Gasteiger partial charge >= 0.3 is 5.97 Å². The first-order chi connectivity index (χ1) is 10.5. The number of rotatable bonds is 16. The number of nitrogens with one attached hydrogen (secondary N) is 1. The van der Waals surface area contributed by atoms with Gasteiger partial charge in [-0.05, 0) is 13.3 Å². The highest BCUT2D eigenvalue weighted by Crippen LogP contribution is 1.91. The fourth-order valence-corrected chi connectivity index (χ4v) is 1.24. The van der Waals surface area contributed by atoms with E-state index in [4.69, 9.17) is 29.4 Å². The second kappa shape index (κ2) is 15.1. The van der Waals surface area contributed by atoms with Crippen molar-refractivity contribution >= 4 is 5.97 Å². The van der Waals surface area contributed by atoms with Crippen LogP contribution in [0.4, 0.5) is 0 Å². The van der Waals surface area contributed by atoms with Gasteiger partial charge < -0.3 is 19.7 Å². The molecule has 9 heteroatoms. The molecule has 1 unspecified atom stereocenters. The average molecular weight is 324 g/mol. The maximum absolute atomic E-state index is 10.2. The number of hydrogen-bond acceptors (Lipinski definition) is 8. The molecule has 1 atom stereocenters. The van der Waals surface area contributed by atoms with Crippen LogP contribution in [0.15, 0.2) is 0 Å². The van der Waals surface area contributed by atoms with E-state index in [1.807, 2.05) is 0 Å². The second-order valence-corrected chi connectivity index (χ2v) is 4.48. The predicted molar refractivity (Wildman–Crippen MR) is 77.9 cm³/mol. The van der Waals surface area contributed by atoms with Crippen LogP contribution in [0.1, 0.15) is 19.8 Å². The molecule has 0 aliphatic rings. The Morgan fingerprint density at radius 3 is 2.45 bits per heavy atom. The minimum Gasteiger partial charge on any atom is -0.481 e. The molecule has 0 radical (unpaired) electrons. The van der Waals surface area contributed by atoms with E-state index >= 15 is 0 Å². The molecule has 0 bridgehead atoms. The van der Waals surface area contributed by atoms with Crippen molar-refractivity contribution in [1.29, 1.82) is 0 Å². The van der Waals surface area contributed by atoms with Crippen molar-refractivity contribution in [1.82, 2.24) is 10.5 Å². The lowest BCUT2D eigenvalue weighted by atomic mass is 10.3. The minimum atomic E-state index is -0.811. The number of aliphatic carboxylic acids is 1. The van der Waals surface area contributed by atoms with E-state index < -0.39 is 12.2 Å². The lowest BCUT2D eigenvalue weighted by Crippen LogP contribution is -2.31. The fraction of sp³-hybridized carbons (Fsp3) is 0.923. The first kappa shape index (κ1) is 21.2. The van der Waals surface area contributed by atoms with Crippen LogP contribution < -0.4 is 5.48 Å². The van der Waals surface area contributed by atoms with Crippen LogP contribution in [-0.2, 0) is 23.9 Å². The Balaban J connectivity index is 3.07.